The van der Waals surface area contributed by atoms with Gasteiger partial charge in [-0.25, -0.2) is 4.79 Å². The van der Waals surface area contributed by atoms with Gasteiger partial charge >= 0.3 is 5.82 Å². The number of hydrogen-bond acceptors (Lipinski definition) is 3. The molecule has 0 atom stereocenters. The Morgan fingerprint density at radius 3 is 2.50 bits per heavy atom. The summed E-state index contributed by atoms with van der Waals surface area (Å²) in [5.74, 6) is 3.09. The molecule has 1 aromatic rings. The monoisotopic (exact) mass is 194 g/mol. The fourth-order valence-corrected chi connectivity index (χ4v) is 1.31. The van der Waals surface area contributed by atoms with Crippen molar-refractivity contribution in [3.05, 3.63) is 22.1 Å². The molecule has 14 heavy (non-hydrogen) atoms. The maximum absolute atomic E-state index is 10.8. The summed E-state index contributed by atoms with van der Waals surface area (Å²) in [5.41, 5.74) is -0.0701. The third-order valence-corrected chi connectivity index (χ3v) is 2.06. The minimum atomic E-state index is -0.644. The molecule has 0 aliphatic heterocycles. The molecule has 0 spiro atoms. The summed E-state index contributed by atoms with van der Waals surface area (Å²) in [6.07, 6.45) is 6.51. The van der Waals surface area contributed by atoms with Crippen molar-refractivity contribution in [3.63, 3.8) is 0 Å². The third-order valence-electron chi connectivity index (χ3n) is 2.06. The molecule has 1 heterocycles. The first-order valence-corrected chi connectivity index (χ1v) is 4.47. The van der Waals surface area contributed by atoms with E-state index in [1.807, 2.05) is 13.8 Å². The predicted molar refractivity (Wildman–Crippen MR) is 52.9 cm³/mol. The molecule has 0 unspecified atom stereocenters. The van der Waals surface area contributed by atoms with Crippen molar-refractivity contribution in [1.29, 1.82) is 0 Å². The van der Waals surface area contributed by atoms with E-state index in [2.05, 4.69) is 5.92 Å². The van der Waals surface area contributed by atoms with Crippen LogP contribution in [-0.4, -0.2) is 0 Å². The van der Waals surface area contributed by atoms with Crippen LogP contribution < -0.4 is 5.82 Å². The molecule has 1 aromatic heterocycles. The van der Waals surface area contributed by atoms with Gasteiger partial charge in [-0.2, -0.15) is 0 Å². The summed E-state index contributed by atoms with van der Waals surface area (Å²) in [7, 11) is 0. The highest BCUT2D eigenvalue weighted by Gasteiger charge is 2.22. The SMILES string of the molecule is C#CCC(C)(C)Cc1oc(=O)oc1C. The molecule has 0 radical (unpaired) electrons. The van der Waals surface area contributed by atoms with E-state index in [-0.39, 0.29) is 5.41 Å². The minimum Gasteiger partial charge on any atom is -0.396 e. The molecule has 0 N–H and O–H groups in total. The summed E-state index contributed by atoms with van der Waals surface area (Å²) < 4.78 is 9.67. The second-order valence-electron chi connectivity index (χ2n) is 4.16. The molecule has 3 nitrogen and oxygen atoms in total. The molecular weight excluding hydrogens is 180 g/mol. The van der Waals surface area contributed by atoms with E-state index in [1.54, 1.807) is 6.92 Å². The van der Waals surface area contributed by atoms with E-state index in [4.69, 9.17) is 15.3 Å². The molecule has 0 saturated carbocycles. The molecule has 0 fully saturated rings. The van der Waals surface area contributed by atoms with Gasteiger partial charge in [0.1, 0.15) is 11.5 Å². The zero-order valence-corrected chi connectivity index (χ0v) is 8.72. The highest BCUT2D eigenvalue weighted by Crippen LogP contribution is 2.26. The van der Waals surface area contributed by atoms with Gasteiger partial charge in [0.15, 0.2) is 0 Å². The van der Waals surface area contributed by atoms with E-state index < -0.39 is 5.82 Å². The average molecular weight is 194 g/mol. The van der Waals surface area contributed by atoms with Gasteiger partial charge in [0.25, 0.3) is 0 Å². The van der Waals surface area contributed by atoms with E-state index in [9.17, 15) is 4.79 Å². The number of terminal acetylenes is 1. The fraction of sp³-hybridized carbons (Fsp3) is 0.545. The Kier molecular flexibility index (Phi) is 2.85. The van der Waals surface area contributed by atoms with Crippen LogP contribution in [0.4, 0.5) is 0 Å². The van der Waals surface area contributed by atoms with E-state index in [0.717, 1.165) is 0 Å². The summed E-state index contributed by atoms with van der Waals surface area (Å²) in [6.45, 7) is 5.77. The van der Waals surface area contributed by atoms with Gasteiger partial charge < -0.3 is 8.83 Å². The van der Waals surface area contributed by atoms with E-state index in [1.165, 1.54) is 0 Å². The quantitative estimate of drug-likeness (QED) is 0.692. The second-order valence-corrected chi connectivity index (χ2v) is 4.16. The van der Waals surface area contributed by atoms with Crippen molar-refractivity contribution in [2.24, 2.45) is 5.41 Å². The predicted octanol–water partition coefficient (Wildman–Crippen LogP) is 2.13. The largest absolute Gasteiger partial charge is 0.519 e. The lowest BCUT2D eigenvalue weighted by Crippen LogP contribution is -2.14. The Morgan fingerprint density at radius 1 is 1.43 bits per heavy atom. The highest BCUT2D eigenvalue weighted by atomic mass is 16.6. The van der Waals surface area contributed by atoms with Crippen LogP contribution in [-0.2, 0) is 6.42 Å². The normalized spacial score (nSPS) is 11.3. The molecular formula is C11H14O3. The molecule has 0 aliphatic rings. The van der Waals surface area contributed by atoms with Gasteiger partial charge in [-0.15, -0.1) is 12.3 Å². The summed E-state index contributed by atoms with van der Waals surface area (Å²) in [6, 6.07) is 0. The zero-order valence-electron chi connectivity index (χ0n) is 8.72. The number of hydrogen-bond donors (Lipinski definition) is 0. The van der Waals surface area contributed by atoms with Gasteiger partial charge in [-0.1, -0.05) is 13.8 Å². The molecule has 0 amide bonds. The Hall–Kier alpha value is -1.43. The fourth-order valence-electron chi connectivity index (χ4n) is 1.31. The van der Waals surface area contributed by atoms with Crippen LogP contribution in [0.25, 0.3) is 0 Å². The van der Waals surface area contributed by atoms with E-state index >= 15 is 0 Å². The van der Waals surface area contributed by atoms with E-state index in [0.29, 0.717) is 24.4 Å². The van der Waals surface area contributed by atoms with Crippen LogP contribution in [0.1, 0.15) is 31.8 Å². The molecule has 3 heteroatoms. The third kappa shape index (κ3) is 2.53. The lowest BCUT2D eigenvalue weighted by molar-refractivity contribution is 0.319. The number of aryl methyl sites for hydroxylation is 1. The van der Waals surface area contributed by atoms with Crippen molar-refractivity contribution in [2.75, 3.05) is 0 Å². The minimum absolute atomic E-state index is 0.0701. The summed E-state index contributed by atoms with van der Waals surface area (Å²) >= 11 is 0. The van der Waals surface area contributed by atoms with Crippen molar-refractivity contribution < 1.29 is 8.83 Å². The molecule has 0 bridgehead atoms. The molecule has 1 rings (SSSR count). The first-order chi connectivity index (χ1) is 6.44. The maximum Gasteiger partial charge on any atom is 0.519 e. The van der Waals surface area contributed by atoms with Crippen molar-refractivity contribution in [2.45, 2.75) is 33.6 Å². The van der Waals surface area contributed by atoms with Gasteiger partial charge in [-0.3, -0.25) is 0 Å². The Balaban J connectivity index is 2.84. The van der Waals surface area contributed by atoms with Gasteiger partial charge in [0, 0.05) is 12.8 Å². The van der Waals surface area contributed by atoms with Crippen LogP contribution in [0.5, 0.6) is 0 Å². The topological polar surface area (TPSA) is 43.4 Å². The van der Waals surface area contributed by atoms with Crippen LogP contribution in [0, 0.1) is 24.7 Å². The van der Waals surface area contributed by atoms with Gasteiger partial charge in [-0.05, 0) is 12.3 Å². The Morgan fingerprint density at radius 2 is 2.07 bits per heavy atom. The van der Waals surface area contributed by atoms with Crippen molar-refractivity contribution in [1.82, 2.24) is 0 Å². The molecule has 0 aromatic carbocycles. The van der Waals surface area contributed by atoms with Crippen LogP contribution >= 0.6 is 0 Å². The smallest absolute Gasteiger partial charge is 0.396 e. The first kappa shape index (κ1) is 10.6. The first-order valence-electron chi connectivity index (χ1n) is 4.47. The summed E-state index contributed by atoms with van der Waals surface area (Å²) in [4.78, 5) is 10.8. The van der Waals surface area contributed by atoms with Gasteiger partial charge in [0.2, 0.25) is 0 Å². The van der Waals surface area contributed by atoms with Crippen molar-refractivity contribution in [3.8, 4) is 12.3 Å². The maximum atomic E-state index is 10.8. The number of rotatable bonds is 3. The molecule has 76 valence electrons. The Bertz CT molecular complexity index is 401. The lowest BCUT2D eigenvalue weighted by atomic mass is 9.85. The van der Waals surface area contributed by atoms with Crippen LogP contribution in [0.3, 0.4) is 0 Å². The van der Waals surface area contributed by atoms with Crippen LogP contribution in [0.15, 0.2) is 13.6 Å². The van der Waals surface area contributed by atoms with Crippen molar-refractivity contribution >= 4 is 0 Å². The lowest BCUT2D eigenvalue weighted by Gasteiger charge is -2.19. The Labute approximate surface area is 83.1 Å². The second kappa shape index (κ2) is 3.75. The zero-order chi connectivity index (χ0) is 10.8. The standard InChI is InChI=1S/C11H14O3/c1-5-6-11(3,4)7-9-8(2)13-10(12)14-9/h1H,6-7H2,2-4H3. The summed E-state index contributed by atoms with van der Waals surface area (Å²) in [5, 5.41) is 0. The molecule has 0 saturated heterocycles. The van der Waals surface area contributed by atoms with Gasteiger partial charge in [0.05, 0.1) is 0 Å². The van der Waals surface area contributed by atoms with Crippen LogP contribution in [0.2, 0.25) is 0 Å². The highest BCUT2D eigenvalue weighted by molar-refractivity contribution is 5.05. The average Bonchev–Trinajstić information content (AvgIpc) is 2.28. The molecule has 0 aliphatic carbocycles.